The lowest BCUT2D eigenvalue weighted by Crippen LogP contribution is -2.51. The van der Waals surface area contributed by atoms with Gasteiger partial charge in [-0.2, -0.15) is 4.98 Å². The number of carbonyl (C=O) groups is 1. The van der Waals surface area contributed by atoms with Gasteiger partial charge < -0.3 is 19.9 Å². The van der Waals surface area contributed by atoms with E-state index in [4.69, 9.17) is 9.72 Å². The molecular formula is C29H42N6O2. The van der Waals surface area contributed by atoms with Gasteiger partial charge in [-0.3, -0.25) is 9.69 Å². The summed E-state index contributed by atoms with van der Waals surface area (Å²) in [7, 11) is 1.64. The van der Waals surface area contributed by atoms with Gasteiger partial charge in [0.25, 0.3) is 5.91 Å². The number of carbonyl (C=O) groups excluding carboxylic acids is 1. The highest BCUT2D eigenvalue weighted by atomic mass is 16.5. The molecule has 0 radical (unpaired) electrons. The Hall–Kier alpha value is -2.87. The number of rotatable bonds is 6. The average molecular weight is 507 g/mol. The van der Waals surface area contributed by atoms with E-state index in [-0.39, 0.29) is 5.91 Å². The normalized spacial score (nSPS) is 23.7. The Kier molecular flexibility index (Phi) is 8.76. The largest absolute Gasteiger partial charge is 0.497 e. The summed E-state index contributed by atoms with van der Waals surface area (Å²) in [5.74, 6) is 2.62. The van der Waals surface area contributed by atoms with Crippen molar-refractivity contribution in [1.82, 2.24) is 19.8 Å². The number of hydrogen-bond acceptors (Lipinski definition) is 7. The second-order valence-corrected chi connectivity index (χ2v) is 10.8. The molecule has 1 aromatic heterocycles. The zero-order chi connectivity index (χ0) is 25.5. The van der Waals surface area contributed by atoms with E-state index in [0.717, 1.165) is 76.0 Å². The Balaban J connectivity index is 1.21. The van der Waals surface area contributed by atoms with Crippen LogP contribution in [-0.2, 0) is 0 Å². The number of anilines is 2. The number of aromatic nitrogens is 2. The fourth-order valence-electron chi connectivity index (χ4n) is 6.07. The van der Waals surface area contributed by atoms with Crippen molar-refractivity contribution in [2.24, 2.45) is 0 Å². The molecule has 1 aromatic carbocycles. The number of nitrogens with one attached hydrogen (secondary N) is 1. The van der Waals surface area contributed by atoms with Crippen LogP contribution in [0.2, 0.25) is 0 Å². The van der Waals surface area contributed by atoms with E-state index in [1.54, 1.807) is 7.11 Å². The second kappa shape index (κ2) is 12.6. The van der Waals surface area contributed by atoms with Crippen LogP contribution in [0.3, 0.4) is 0 Å². The maximum Gasteiger partial charge on any atom is 0.254 e. The minimum Gasteiger partial charge on any atom is -0.497 e. The third-order valence-electron chi connectivity index (χ3n) is 8.12. The molecule has 8 nitrogen and oxygen atoms in total. The van der Waals surface area contributed by atoms with Crippen LogP contribution < -0.4 is 15.0 Å². The molecular weight excluding hydrogens is 464 g/mol. The van der Waals surface area contributed by atoms with Crippen molar-refractivity contribution < 1.29 is 9.53 Å². The zero-order valence-corrected chi connectivity index (χ0v) is 22.3. The van der Waals surface area contributed by atoms with Crippen LogP contribution in [0.15, 0.2) is 36.5 Å². The van der Waals surface area contributed by atoms with Gasteiger partial charge in [0, 0.05) is 56.6 Å². The summed E-state index contributed by atoms with van der Waals surface area (Å²) < 4.78 is 5.33. The molecule has 37 heavy (non-hydrogen) atoms. The number of amides is 1. The van der Waals surface area contributed by atoms with Crippen molar-refractivity contribution in [3.63, 3.8) is 0 Å². The van der Waals surface area contributed by atoms with Gasteiger partial charge in [0.1, 0.15) is 11.6 Å². The summed E-state index contributed by atoms with van der Waals surface area (Å²) in [5, 5.41) is 3.67. The van der Waals surface area contributed by atoms with E-state index in [1.807, 2.05) is 41.4 Å². The minimum atomic E-state index is 0.104. The molecule has 2 unspecified atom stereocenters. The van der Waals surface area contributed by atoms with E-state index in [2.05, 4.69) is 20.1 Å². The number of benzene rings is 1. The highest BCUT2D eigenvalue weighted by Crippen LogP contribution is 2.24. The predicted molar refractivity (Wildman–Crippen MR) is 147 cm³/mol. The molecule has 3 saturated heterocycles. The Labute approximate surface area is 221 Å². The van der Waals surface area contributed by atoms with Crippen molar-refractivity contribution in [3.05, 3.63) is 42.1 Å². The molecule has 2 atom stereocenters. The third kappa shape index (κ3) is 6.72. The van der Waals surface area contributed by atoms with Crippen LogP contribution in [0.4, 0.5) is 11.8 Å². The van der Waals surface area contributed by atoms with Crippen molar-refractivity contribution >= 4 is 17.7 Å². The lowest BCUT2D eigenvalue weighted by molar-refractivity contribution is 0.0575. The first-order chi connectivity index (χ1) is 18.2. The second-order valence-electron chi connectivity index (χ2n) is 10.8. The van der Waals surface area contributed by atoms with Crippen molar-refractivity contribution in [2.45, 2.75) is 69.9 Å². The Morgan fingerprint density at radius 2 is 1.78 bits per heavy atom. The van der Waals surface area contributed by atoms with Crippen LogP contribution in [0.5, 0.6) is 5.75 Å². The number of nitrogens with zero attached hydrogens (tertiary/aromatic N) is 5. The fraction of sp³-hybridized carbons (Fsp3) is 0.621. The monoisotopic (exact) mass is 506 g/mol. The molecule has 1 N–H and O–H groups in total. The Bertz CT molecular complexity index is 1020. The molecule has 0 saturated carbocycles. The molecule has 2 aromatic rings. The van der Waals surface area contributed by atoms with E-state index < -0.39 is 0 Å². The van der Waals surface area contributed by atoms with Crippen molar-refractivity contribution in [2.75, 3.05) is 56.6 Å². The number of hydrogen-bond donors (Lipinski definition) is 1. The highest BCUT2D eigenvalue weighted by Gasteiger charge is 2.31. The van der Waals surface area contributed by atoms with Gasteiger partial charge in [0.05, 0.1) is 7.11 Å². The number of ether oxygens (including phenoxy) is 1. The summed E-state index contributed by atoms with van der Waals surface area (Å²) in [6, 6.07) is 10.3. The van der Waals surface area contributed by atoms with E-state index in [9.17, 15) is 4.79 Å². The van der Waals surface area contributed by atoms with Gasteiger partial charge >= 0.3 is 0 Å². The molecule has 0 bridgehead atoms. The Morgan fingerprint density at radius 1 is 0.946 bits per heavy atom. The molecule has 8 heteroatoms. The van der Waals surface area contributed by atoms with Crippen LogP contribution >= 0.6 is 0 Å². The topological polar surface area (TPSA) is 73.8 Å². The fourth-order valence-corrected chi connectivity index (χ4v) is 6.07. The van der Waals surface area contributed by atoms with E-state index >= 15 is 0 Å². The van der Waals surface area contributed by atoms with E-state index in [1.165, 1.54) is 38.5 Å². The van der Waals surface area contributed by atoms with Crippen LogP contribution in [0.1, 0.15) is 68.1 Å². The van der Waals surface area contributed by atoms with Gasteiger partial charge in [-0.05, 0) is 69.3 Å². The number of likely N-dealkylation sites (tertiary alicyclic amines) is 2. The molecule has 5 rings (SSSR count). The summed E-state index contributed by atoms with van der Waals surface area (Å²) in [6.07, 6.45) is 12.7. The first-order valence-electron chi connectivity index (χ1n) is 14.2. The number of piperidine rings is 1. The molecule has 1 amide bonds. The van der Waals surface area contributed by atoms with Crippen LogP contribution in [0.25, 0.3) is 0 Å². The van der Waals surface area contributed by atoms with Crippen LogP contribution in [0, 0.1) is 0 Å². The SMILES string of the molecule is COc1cccc(C(=O)N2CCCC(N3CCCCC(Nc4nccc(N5CCCCCC5)n4)C3)C2)c1. The lowest BCUT2D eigenvalue weighted by Gasteiger charge is -2.40. The van der Waals surface area contributed by atoms with Gasteiger partial charge in [-0.1, -0.05) is 25.3 Å². The maximum atomic E-state index is 13.3. The highest BCUT2D eigenvalue weighted by molar-refractivity contribution is 5.94. The number of methoxy groups -OCH3 is 1. The summed E-state index contributed by atoms with van der Waals surface area (Å²) in [4.78, 5) is 29.8. The van der Waals surface area contributed by atoms with Crippen molar-refractivity contribution in [1.29, 1.82) is 0 Å². The first kappa shape index (κ1) is 25.8. The summed E-state index contributed by atoms with van der Waals surface area (Å²) in [5.41, 5.74) is 0.705. The zero-order valence-electron chi connectivity index (χ0n) is 22.3. The third-order valence-corrected chi connectivity index (χ3v) is 8.12. The molecule has 3 aliphatic heterocycles. The molecule has 3 aliphatic rings. The van der Waals surface area contributed by atoms with Gasteiger partial charge in [-0.25, -0.2) is 4.98 Å². The van der Waals surface area contributed by atoms with E-state index in [0.29, 0.717) is 17.6 Å². The van der Waals surface area contributed by atoms with Crippen LogP contribution in [-0.4, -0.2) is 84.1 Å². The Morgan fingerprint density at radius 3 is 2.62 bits per heavy atom. The smallest absolute Gasteiger partial charge is 0.254 e. The molecule has 200 valence electrons. The molecule has 3 fully saturated rings. The summed E-state index contributed by atoms with van der Waals surface area (Å²) in [6.45, 7) is 5.81. The van der Waals surface area contributed by atoms with Crippen molar-refractivity contribution in [3.8, 4) is 5.75 Å². The minimum absolute atomic E-state index is 0.104. The predicted octanol–water partition coefficient (Wildman–Crippen LogP) is 4.44. The molecule has 4 heterocycles. The van der Waals surface area contributed by atoms with Gasteiger partial charge in [0.2, 0.25) is 5.95 Å². The standard InChI is InChI=1S/C29H42N6O2/c1-37-26-13-8-10-23(20-26)28(36)35-19-9-12-25(22-35)34-18-7-4-11-24(21-34)31-29-30-15-14-27(32-29)33-16-5-2-3-6-17-33/h8,10,13-15,20,24-25H,2-7,9,11-12,16-19,21-22H2,1H3,(H,30,31,32). The quantitative estimate of drug-likeness (QED) is 0.621. The average Bonchev–Trinajstić information content (AvgIpc) is 3.37. The van der Waals surface area contributed by atoms with Gasteiger partial charge in [0.15, 0.2) is 0 Å². The molecule has 0 aliphatic carbocycles. The molecule has 0 spiro atoms. The van der Waals surface area contributed by atoms with Gasteiger partial charge in [-0.15, -0.1) is 0 Å². The lowest BCUT2D eigenvalue weighted by atomic mass is 10.0. The maximum absolute atomic E-state index is 13.3. The summed E-state index contributed by atoms with van der Waals surface area (Å²) >= 11 is 0. The first-order valence-corrected chi connectivity index (χ1v) is 14.2.